The van der Waals surface area contributed by atoms with Gasteiger partial charge in [0.1, 0.15) is 5.75 Å². The van der Waals surface area contributed by atoms with Gasteiger partial charge in [-0.3, -0.25) is 0 Å². The maximum Gasteiger partial charge on any atom is 0.124 e. The van der Waals surface area contributed by atoms with Gasteiger partial charge in [0.25, 0.3) is 0 Å². The van der Waals surface area contributed by atoms with E-state index in [4.69, 9.17) is 4.74 Å². The molecule has 0 amide bonds. The number of benzene rings is 2. The fraction of sp³-hybridized carbons (Fsp3) is 0.350. The normalized spacial score (nSPS) is 23.8. The highest BCUT2D eigenvalue weighted by Gasteiger charge is 2.45. The third-order valence-corrected chi connectivity index (χ3v) is 4.83. The summed E-state index contributed by atoms with van der Waals surface area (Å²) in [6, 6.07) is 20.2. The van der Waals surface area contributed by atoms with E-state index in [0.29, 0.717) is 12.3 Å². The average molecular weight is 322 g/mol. The molecule has 2 aromatic rings. The fourth-order valence-corrected chi connectivity index (χ4v) is 3.40. The Morgan fingerprint density at radius 3 is 2.54 bits per heavy atom. The smallest absolute Gasteiger partial charge is 0.124 e. The van der Waals surface area contributed by atoms with Gasteiger partial charge in [-0.25, -0.2) is 0 Å². The van der Waals surface area contributed by atoms with Crippen LogP contribution in [0.5, 0.6) is 5.75 Å². The van der Waals surface area contributed by atoms with Crippen molar-refractivity contribution < 1.29 is 9.84 Å². The highest BCUT2D eigenvalue weighted by atomic mass is 16.5. The molecule has 0 saturated heterocycles. The topological polar surface area (TPSA) is 65.3 Å². The second-order valence-electron chi connectivity index (χ2n) is 6.33. The molecular formula is C20H22N2O2. The largest absolute Gasteiger partial charge is 0.496 e. The zero-order valence-corrected chi connectivity index (χ0v) is 13.8. The van der Waals surface area contributed by atoms with Gasteiger partial charge in [0.2, 0.25) is 0 Å². The van der Waals surface area contributed by atoms with Gasteiger partial charge in [0.05, 0.1) is 24.7 Å². The van der Waals surface area contributed by atoms with Crippen molar-refractivity contribution in [3.8, 4) is 11.8 Å². The van der Waals surface area contributed by atoms with Crippen LogP contribution < -0.4 is 10.1 Å². The lowest BCUT2D eigenvalue weighted by molar-refractivity contribution is 0.144. The molecule has 1 saturated carbocycles. The molecule has 24 heavy (non-hydrogen) atoms. The molecular weight excluding hydrogens is 300 g/mol. The van der Waals surface area contributed by atoms with Crippen molar-refractivity contribution in [1.29, 1.82) is 5.26 Å². The molecule has 1 unspecified atom stereocenters. The lowest BCUT2D eigenvalue weighted by atomic mass is 9.62. The molecule has 0 bridgehead atoms. The van der Waals surface area contributed by atoms with E-state index in [9.17, 15) is 10.4 Å². The van der Waals surface area contributed by atoms with Crippen LogP contribution in [0.4, 0.5) is 0 Å². The summed E-state index contributed by atoms with van der Waals surface area (Å²) in [6.07, 6.45) is 0.910. The molecule has 0 heterocycles. The first kappa shape index (κ1) is 16.5. The molecule has 0 aromatic heterocycles. The van der Waals surface area contributed by atoms with E-state index in [1.807, 2.05) is 54.6 Å². The number of aliphatic hydroxyl groups excluding tert-OH is 1. The molecule has 124 valence electrons. The Balaban J connectivity index is 1.57. The van der Waals surface area contributed by atoms with Crippen LogP contribution in [0.2, 0.25) is 0 Å². The maximum atomic E-state index is 10.4. The lowest BCUT2D eigenvalue weighted by Crippen LogP contribution is -2.51. The predicted octanol–water partition coefficient (Wildman–Crippen LogP) is 2.94. The summed E-state index contributed by atoms with van der Waals surface area (Å²) in [7, 11) is 1.60. The Kier molecular flexibility index (Phi) is 4.84. The average Bonchev–Trinajstić information content (AvgIpc) is 2.61. The summed E-state index contributed by atoms with van der Waals surface area (Å²) in [5.74, 6) is 0.691. The first-order chi connectivity index (χ1) is 11.7. The summed E-state index contributed by atoms with van der Waals surface area (Å²) in [6.45, 7) is 0.446. The van der Waals surface area contributed by atoms with Crippen molar-refractivity contribution in [3.05, 3.63) is 65.7 Å². The minimum absolute atomic E-state index is 0.245. The lowest BCUT2D eigenvalue weighted by Gasteiger charge is -2.43. The summed E-state index contributed by atoms with van der Waals surface area (Å²) in [5, 5.41) is 23.4. The maximum absolute atomic E-state index is 10.4. The van der Waals surface area contributed by atoms with E-state index in [1.165, 1.54) is 0 Å². The van der Waals surface area contributed by atoms with Crippen LogP contribution in [-0.4, -0.2) is 24.8 Å². The number of nitrogens with zero attached hydrogens (tertiary/aromatic N) is 1. The number of methoxy groups -OCH3 is 1. The molecule has 3 rings (SSSR count). The third-order valence-electron chi connectivity index (χ3n) is 4.83. The van der Waals surface area contributed by atoms with E-state index < -0.39 is 11.5 Å². The van der Waals surface area contributed by atoms with Crippen LogP contribution in [0.25, 0.3) is 0 Å². The highest BCUT2D eigenvalue weighted by molar-refractivity contribution is 5.37. The minimum atomic E-state index is -0.630. The second kappa shape index (κ2) is 7.04. The number of nitrogens with one attached hydrogen (secondary N) is 1. The second-order valence-corrected chi connectivity index (χ2v) is 6.33. The Labute approximate surface area is 142 Å². The summed E-state index contributed by atoms with van der Waals surface area (Å²) in [4.78, 5) is 0. The quantitative estimate of drug-likeness (QED) is 0.858. The van der Waals surface area contributed by atoms with Crippen LogP contribution in [0.15, 0.2) is 54.6 Å². The van der Waals surface area contributed by atoms with Gasteiger partial charge in [-0.2, -0.15) is 5.26 Å². The molecule has 2 aromatic carbocycles. The van der Waals surface area contributed by atoms with Crippen molar-refractivity contribution in [1.82, 2.24) is 5.32 Å². The van der Waals surface area contributed by atoms with Crippen molar-refractivity contribution in [2.75, 3.05) is 13.7 Å². The zero-order chi connectivity index (χ0) is 17.0. The Bertz CT molecular complexity index is 718. The molecule has 1 aliphatic rings. The summed E-state index contributed by atoms with van der Waals surface area (Å²) < 4.78 is 5.29. The summed E-state index contributed by atoms with van der Waals surface area (Å²) >= 11 is 0. The molecule has 0 spiro atoms. The van der Waals surface area contributed by atoms with Crippen LogP contribution in [-0.2, 0) is 5.41 Å². The molecule has 2 N–H and O–H groups in total. The third kappa shape index (κ3) is 3.14. The number of rotatable bonds is 6. The van der Waals surface area contributed by atoms with E-state index in [1.54, 1.807) is 7.11 Å². The van der Waals surface area contributed by atoms with E-state index in [-0.39, 0.29) is 6.04 Å². The molecule has 1 aliphatic carbocycles. The minimum Gasteiger partial charge on any atom is -0.496 e. The molecule has 0 aliphatic heterocycles. The van der Waals surface area contributed by atoms with Crippen molar-refractivity contribution >= 4 is 0 Å². The van der Waals surface area contributed by atoms with Gasteiger partial charge in [-0.05, 0) is 24.5 Å². The molecule has 0 radical (unpaired) electrons. The van der Waals surface area contributed by atoms with Crippen molar-refractivity contribution in [2.45, 2.75) is 30.4 Å². The number of nitriles is 1. The monoisotopic (exact) mass is 322 g/mol. The van der Waals surface area contributed by atoms with E-state index in [2.05, 4.69) is 11.4 Å². The Morgan fingerprint density at radius 2 is 1.88 bits per heavy atom. The fourth-order valence-electron chi connectivity index (χ4n) is 3.40. The number of hydrogen-bond acceptors (Lipinski definition) is 4. The van der Waals surface area contributed by atoms with Gasteiger partial charge >= 0.3 is 0 Å². The Morgan fingerprint density at radius 1 is 1.21 bits per heavy atom. The number of ether oxygens (including phenoxy) is 1. The molecule has 1 atom stereocenters. The van der Waals surface area contributed by atoms with Gasteiger partial charge in [-0.15, -0.1) is 0 Å². The number of hydrogen-bond donors (Lipinski definition) is 2. The standard InChI is InChI=1S/C20H22N2O2/c1-24-19-10-6-5-9-17(19)18(23)13-22-16-11-20(12-16,14-21)15-7-3-2-4-8-15/h2-10,16,18,22-23H,11-13H2,1H3. The van der Waals surface area contributed by atoms with Crippen LogP contribution >= 0.6 is 0 Å². The summed E-state index contributed by atoms with van der Waals surface area (Å²) in [5.41, 5.74) is 1.46. The van der Waals surface area contributed by atoms with Gasteiger partial charge in [-0.1, -0.05) is 48.5 Å². The predicted molar refractivity (Wildman–Crippen MR) is 92.7 cm³/mol. The number of para-hydroxylation sites is 1. The van der Waals surface area contributed by atoms with Crippen LogP contribution in [0, 0.1) is 11.3 Å². The van der Waals surface area contributed by atoms with Crippen LogP contribution in [0.1, 0.15) is 30.1 Å². The van der Waals surface area contributed by atoms with Gasteiger partial charge in [0.15, 0.2) is 0 Å². The number of aliphatic hydroxyl groups is 1. The first-order valence-corrected chi connectivity index (χ1v) is 8.19. The molecule has 1 fully saturated rings. The van der Waals surface area contributed by atoms with Crippen LogP contribution in [0.3, 0.4) is 0 Å². The zero-order valence-electron chi connectivity index (χ0n) is 13.8. The van der Waals surface area contributed by atoms with Crippen molar-refractivity contribution in [2.24, 2.45) is 0 Å². The Hall–Kier alpha value is -2.35. The van der Waals surface area contributed by atoms with Gasteiger partial charge in [0, 0.05) is 18.2 Å². The molecule has 4 heteroatoms. The highest BCUT2D eigenvalue weighted by Crippen LogP contribution is 2.43. The van der Waals surface area contributed by atoms with E-state index >= 15 is 0 Å². The first-order valence-electron chi connectivity index (χ1n) is 8.19. The van der Waals surface area contributed by atoms with Crippen molar-refractivity contribution in [3.63, 3.8) is 0 Å². The van der Waals surface area contributed by atoms with Gasteiger partial charge < -0.3 is 15.2 Å². The van der Waals surface area contributed by atoms with E-state index in [0.717, 1.165) is 24.0 Å². The SMILES string of the molecule is COc1ccccc1C(O)CNC1CC(C#N)(c2ccccc2)C1. The molecule has 4 nitrogen and oxygen atoms in total.